The molecule has 0 heterocycles. The van der Waals surface area contributed by atoms with Crippen LogP contribution in [0.3, 0.4) is 0 Å². The molecule has 7 nitrogen and oxygen atoms in total. The van der Waals surface area contributed by atoms with Crippen LogP contribution in [-0.4, -0.2) is 50.5 Å². The van der Waals surface area contributed by atoms with Crippen LogP contribution in [0.15, 0.2) is 42.5 Å². The van der Waals surface area contributed by atoms with Crippen LogP contribution in [0.5, 0.6) is 0 Å². The minimum atomic E-state index is -3.94. The van der Waals surface area contributed by atoms with Crippen molar-refractivity contribution in [3.05, 3.63) is 63.9 Å². The molecule has 0 aromatic heterocycles. The summed E-state index contributed by atoms with van der Waals surface area (Å²) in [7, 11) is -3.94. The van der Waals surface area contributed by atoms with Gasteiger partial charge in [0, 0.05) is 23.7 Å². The first-order valence-electron chi connectivity index (χ1n) is 9.69. The van der Waals surface area contributed by atoms with E-state index in [1.807, 2.05) is 0 Å². The molecule has 32 heavy (non-hydrogen) atoms. The van der Waals surface area contributed by atoms with Crippen LogP contribution in [-0.2, 0) is 26.2 Å². The fraction of sp³-hybridized carbons (Fsp3) is 0.333. The molecule has 1 atom stereocenters. The fourth-order valence-corrected chi connectivity index (χ4v) is 4.42. The van der Waals surface area contributed by atoms with Crippen LogP contribution in [0.25, 0.3) is 0 Å². The van der Waals surface area contributed by atoms with Gasteiger partial charge >= 0.3 is 0 Å². The van der Waals surface area contributed by atoms with Gasteiger partial charge in [0.05, 0.1) is 17.0 Å². The lowest BCUT2D eigenvalue weighted by molar-refractivity contribution is -0.139. The van der Waals surface area contributed by atoms with Gasteiger partial charge in [-0.1, -0.05) is 41.4 Å². The monoisotopic (exact) mass is 503 g/mol. The Morgan fingerprint density at radius 1 is 1.16 bits per heavy atom. The lowest BCUT2D eigenvalue weighted by atomic mass is 10.1. The summed E-state index contributed by atoms with van der Waals surface area (Å²) in [4.78, 5) is 26.8. The van der Waals surface area contributed by atoms with Gasteiger partial charge < -0.3 is 10.2 Å². The number of hydrogen-bond donors (Lipinski definition) is 1. The highest BCUT2D eigenvalue weighted by Gasteiger charge is 2.31. The summed E-state index contributed by atoms with van der Waals surface area (Å²) in [5, 5.41) is 2.95. The molecule has 0 aliphatic rings. The minimum absolute atomic E-state index is 0.0353. The van der Waals surface area contributed by atoms with Crippen molar-refractivity contribution in [2.75, 3.05) is 23.7 Å². The molecule has 2 rings (SSSR count). The van der Waals surface area contributed by atoms with Crippen molar-refractivity contribution < 1.29 is 22.4 Å². The van der Waals surface area contributed by atoms with Crippen molar-refractivity contribution >= 4 is 50.7 Å². The van der Waals surface area contributed by atoms with Crippen molar-refractivity contribution in [3.63, 3.8) is 0 Å². The molecule has 0 aliphatic carbocycles. The Morgan fingerprint density at radius 2 is 1.81 bits per heavy atom. The first kappa shape index (κ1) is 25.9. The second-order valence-electron chi connectivity index (χ2n) is 7.05. The van der Waals surface area contributed by atoms with Crippen LogP contribution in [0.1, 0.15) is 19.4 Å². The van der Waals surface area contributed by atoms with Gasteiger partial charge in [0.2, 0.25) is 21.8 Å². The van der Waals surface area contributed by atoms with E-state index in [-0.39, 0.29) is 22.8 Å². The van der Waals surface area contributed by atoms with Gasteiger partial charge in [-0.3, -0.25) is 13.9 Å². The fourth-order valence-electron chi connectivity index (χ4n) is 2.99. The number of sulfonamides is 1. The van der Waals surface area contributed by atoms with Crippen LogP contribution >= 0.6 is 23.2 Å². The quantitative estimate of drug-likeness (QED) is 0.567. The van der Waals surface area contributed by atoms with E-state index in [2.05, 4.69) is 5.32 Å². The Kier molecular flexibility index (Phi) is 8.89. The third-order valence-electron chi connectivity index (χ3n) is 4.67. The molecule has 174 valence electrons. The number of likely N-dealkylation sites (N-methyl/N-ethyl adjacent to an activating group) is 1. The predicted molar refractivity (Wildman–Crippen MR) is 124 cm³/mol. The number of halogens is 3. The molecule has 0 spiro atoms. The molecule has 0 saturated heterocycles. The average molecular weight is 504 g/mol. The standard InChI is InChI=1S/C21H24Cl2FN3O4S/c1-4-25-21(29)14(2)26(12-15-7-5-6-8-18(15)24)20(28)13-27(32(3,30)31)19-10-9-16(22)11-17(19)23/h5-11,14H,4,12-13H2,1-3H3,(H,25,29)/t14-/m0/s1. The van der Waals surface area contributed by atoms with Gasteiger partial charge in [-0.05, 0) is 38.1 Å². The Balaban J connectivity index is 2.43. The van der Waals surface area contributed by atoms with E-state index in [4.69, 9.17) is 23.2 Å². The molecule has 2 amide bonds. The number of nitrogens with one attached hydrogen (secondary N) is 1. The van der Waals surface area contributed by atoms with Gasteiger partial charge in [0.1, 0.15) is 18.4 Å². The largest absolute Gasteiger partial charge is 0.355 e. The second-order valence-corrected chi connectivity index (χ2v) is 9.80. The maximum atomic E-state index is 14.3. The van der Waals surface area contributed by atoms with E-state index >= 15 is 0 Å². The van der Waals surface area contributed by atoms with Crippen molar-refractivity contribution in [3.8, 4) is 0 Å². The number of benzene rings is 2. The van der Waals surface area contributed by atoms with Crippen molar-refractivity contribution in [2.24, 2.45) is 0 Å². The van der Waals surface area contributed by atoms with E-state index in [1.54, 1.807) is 13.0 Å². The highest BCUT2D eigenvalue weighted by Crippen LogP contribution is 2.30. The molecule has 0 radical (unpaired) electrons. The molecule has 0 bridgehead atoms. The van der Waals surface area contributed by atoms with E-state index in [9.17, 15) is 22.4 Å². The first-order valence-corrected chi connectivity index (χ1v) is 12.3. The topological polar surface area (TPSA) is 86.8 Å². The number of carbonyl (C=O) groups excluding carboxylic acids is 2. The van der Waals surface area contributed by atoms with Crippen LogP contribution < -0.4 is 9.62 Å². The van der Waals surface area contributed by atoms with E-state index in [0.29, 0.717) is 11.6 Å². The zero-order valence-electron chi connectivity index (χ0n) is 17.8. The van der Waals surface area contributed by atoms with Crippen LogP contribution in [0.2, 0.25) is 10.0 Å². The van der Waals surface area contributed by atoms with E-state index in [1.165, 1.54) is 43.3 Å². The number of rotatable bonds is 9. The van der Waals surface area contributed by atoms with E-state index in [0.717, 1.165) is 15.5 Å². The zero-order chi connectivity index (χ0) is 24.1. The number of carbonyl (C=O) groups is 2. The second kappa shape index (κ2) is 11.0. The molecule has 1 N–H and O–H groups in total. The summed E-state index contributed by atoms with van der Waals surface area (Å²) in [5.74, 6) is -1.70. The summed E-state index contributed by atoms with van der Waals surface area (Å²) in [5.41, 5.74) is 0.246. The van der Waals surface area contributed by atoms with Gasteiger partial charge in [0.15, 0.2) is 0 Å². The van der Waals surface area contributed by atoms with Crippen molar-refractivity contribution in [1.82, 2.24) is 10.2 Å². The average Bonchev–Trinajstić information content (AvgIpc) is 2.70. The summed E-state index contributed by atoms with van der Waals surface area (Å²) < 4.78 is 40.0. The molecule has 0 aliphatic heterocycles. The number of amides is 2. The summed E-state index contributed by atoms with van der Waals surface area (Å²) in [6, 6.07) is 9.04. The summed E-state index contributed by atoms with van der Waals surface area (Å²) in [6.07, 6.45) is 0.930. The maximum absolute atomic E-state index is 14.3. The van der Waals surface area contributed by atoms with Crippen molar-refractivity contribution in [1.29, 1.82) is 0 Å². The van der Waals surface area contributed by atoms with Crippen LogP contribution in [0.4, 0.5) is 10.1 Å². The highest BCUT2D eigenvalue weighted by molar-refractivity contribution is 7.92. The molecule has 2 aromatic carbocycles. The van der Waals surface area contributed by atoms with Crippen molar-refractivity contribution in [2.45, 2.75) is 26.4 Å². The Morgan fingerprint density at radius 3 is 2.38 bits per heavy atom. The third kappa shape index (κ3) is 6.57. The highest BCUT2D eigenvalue weighted by atomic mass is 35.5. The Hall–Kier alpha value is -2.36. The maximum Gasteiger partial charge on any atom is 0.244 e. The molecule has 0 saturated carbocycles. The number of hydrogen-bond acceptors (Lipinski definition) is 4. The van der Waals surface area contributed by atoms with Gasteiger partial charge in [-0.25, -0.2) is 12.8 Å². The molecular weight excluding hydrogens is 480 g/mol. The Bertz CT molecular complexity index is 1100. The number of anilines is 1. The molecule has 0 unspecified atom stereocenters. The Labute approximate surface area is 197 Å². The number of nitrogens with zero attached hydrogens (tertiary/aromatic N) is 2. The first-order chi connectivity index (χ1) is 15.0. The smallest absolute Gasteiger partial charge is 0.244 e. The predicted octanol–water partition coefficient (Wildman–Crippen LogP) is 3.45. The zero-order valence-corrected chi connectivity index (χ0v) is 20.1. The van der Waals surface area contributed by atoms with E-state index < -0.39 is 40.2 Å². The molecular formula is C21H24Cl2FN3O4S. The molecule has 0 fully saturated rings. The van der Waals surface area contributed by atoms with Gasteiger partial charge in [0.25, 0.3) is 0 Å². The van der Waals surface area contributed by atoms with Gasteiger partial charge in [-0.2, -0.15) is 0 Å². The van der Waals surface area contributed by atoms with Gasteiger partial charge in [-0.15, -0.1) is 0 Å². The lowest BCUT2D eigenvalue weighted by Gasteiger charge is -2.31. The molecule has 2 aromatic rings. The SMILES string of the molecule is CCNC(=O)[C@H](C)N(Cc1ccccc1F)C(=O)CN(c1ccc(Cl)cc1Cl)S(C)(=O)=O. The summed E-state index contributed by atoms with van der Waals surface area (Å²) >= 11 is 12.1. The molecule has 11 heteroatoms. The lowest BCUT2D eigenvalue weighted by Crippen LogP contribution is -2.51. The third-order valence-corrected chi connectivity index (χ3v) is 6.34. The normalized spacial score (nSPS) is 12.2. The summed E-state index contributed by atoms with van der Waals surface area (Å²) in [6.45, 7) is 2.68. The minimum Gasteiger partial charge on any atom is -0.355 e. The van der Waals surface area contributed by atoms with Crippen LogP contribution in [0, 0.1) is 5.82 Å².